The molecule has 0 amide bonds. The third kappa shape index (κ3) is 6.87. The minimum absolute atomic E-state index is 0.0330. The normalized spacial score (nSPS) is 15.4. The predicted octanol–water partition coefficient (Wildman–Crippen LogP) is 12.3. The number of alkyl halides is 18. The van der Waals surface area contributed by atoms with Crippen molar-refractivity contribution in [2.75, 3.05) is 6.61 Å². The number of hydrogen-bond acceptors (Lipinski definition) is 1. The first-order valence-corrected chi connectivity index (χ1v) is 15.6. The highest BCUT2D eigenvalue weighted by molar-refractivity contribution is 6.81. The molecule has 0 aliphatic heterocycles. The van der Waals surface area contributed by atoms with Crippen LogP contribution in [0, 0.1) is 0 Å². The van der Waals surface area contributed by atoms with Crippen LogP contribution in [0.1, 0.15) is 23.1 Å². The van der Waals surface area contributed by atoms with Gasteiger partial charge < -0.3 is 5.11 Å². The molecule has 0 aliphatic rings. The summed E-state index contributed by atoms with van der Waals surface area (Å²) in [7, 11) is 0. The van der Waals surface area contributed by atoms with Crippen LogP contribution >= 0.6 is 209 Å². The van der Waals surface area contributed by atoms with Crippen molar-refractivity contribution in [1.29, 1.82) is 0 Å². The van der Waals surface area contributed by atoms with Crippen molar-refractivity contribution in [3.63, 3.8) is 0 Å². The Morgan fingerprint density at radius 2 is 0.806 bits per heavy atom. The zero-order valence-electron chi connectivity index (χ0n) is 16.6. The van der Waals surface area contributed by atoms with Crippen molar-refractivity contribution >= 4 is 209 Å². The highest BCUT2D eigenvalue weighted by Crippen LogP contribution is 2.68. The lowest BCUT2D eigenvalue weighted by Crippen LogP contribution is -2.56. The zero-order valence-corrected chi connectivity index (χ0v) is 30.2. The van der Waals surface area contributed by atoms with Crippen LogP contribution in [0.5, 0.6) is 0 Å². The molecule has 19 heteroatoms. The van der Waals surface area contributed by atoms with Gasteiger partial charge in [-0.1, -0.05) is 227 Å². The number of halogens is 18. The summed E-state index contributed by atoms with van der Waals surface area (Å²) >= 11 is 113. The summed E-state index contributed by atoms with van der Waals surface area (Å²) in [4.78, 5) is 0. The van der Waals surface area contributed by atoms with Crippen molar-refractivity contribution in [3.05, 3.63) is 34.9 Å². The molecule has 0 aromatic heterocycles. The summed E-state index contributed by atoms with van der Waals surface area (Å²) in [5.41, 5.74) is -0.0971. The molecule has 210 valence electrons. The molecule has 0 unspecified atom stereocenters. The van der Waals surface area contributed by atoms with Gasteiger partial charge in [0.05, 0.1) is 0 Å². The van der Waals surface area contributed by atoms with E-state index in [0.29, 0.717) is 0 Å². The molecule has 36 heavy (non-hydrogen) atoms. The lowest BCUT2D eigenvalue weighted by atomic mass is 9.89. The average Bonchev–Trinajstić information content (AvgIpc) is 2.69. The number of benzene rings is 1. The summed E-state index contributed by atoms with van der Waals surface area (Å²) in [6.45, 7) is -0.311. The average molecular weight is 868 g/mol. The van der Waals surface area contributed by atoms with Crippen LogP contribution in [0.3, 0.4) is 0 Å². The predicted molar refractivity (Wildman–Crippen MR) is 167 cm³/mol. The first kappa shape index (κ1) is 38.4. The lowest BCUT2D eigenvalue weighted by Gasteiger charge is -2.46. The Bertz CT molecular complexity index is 858. The van der Waals surface area contributed by atoms with Gasteiger partial charge in [0.25, 0.3) is 0 Å². The van der Waals surface area contributed by atoms with Crippen LogP contribution in [0.25, 0.3) is 0 Å². The molecule has 0 fully saturated rings. The van der Waals surface area contributed by atoms with Crippen LogP contribution < -0.4 is 0 Å². The van der Waals surface area contributed by atoms with Gasteiger partial charge in [0.15, 0.2) is 17.3 Å². The molecule has 0 saturated heterocycles. The number of aliphatic hydroxyl groups is 1. The molecule has 0 saturated carbocycles. The van der Waals surface area contributed by atoms with E-state index in [0.717, 1.165) is 0 Å². The molecule has 1 nitrogen and oxygen atoms in total. The molecular weight excluding hydrogens is 858 g/mol. The Kier molecular flexibility index (Phi) is 13.7. The third-order valence-corrected chi connectivity index (χ3v) is 15.6. The highest BCUT2D eigenvalue weighted by Gasteiger charge is 2.71. The lowest BCUT2D eigenvalue weighted by molar-refractivity contribution is 0.288. The summed E-state index contributed by atoms with van der Waals surface area (Å²) in [6, 6.07) is 4.07. The SMILES string of the molecule is OCCCc1c(C(Cl)(Cl)C(Cl)(Cl)C(Cl)(Cl)C(Cl)(Cl)Cl)cccc1C(Cl)(Cl)C(Cl)(Cl)C(Cl)(Cl)C(Cl)(Cl)Cl. The van der Waals surface area contributed by atoms with E-state index in [4.69, 9.17) is 209 Å². The fourth-order valence-corrected chi connectivity index (χ4v) is 7.42. The van der Waals surface area contributed by atoms with E-state index < -0.39 is 33.6 Å². The van der Waals surface area contributed by atoms with Gasteiger partial charge in [-0.25, -0.2) is 0 Å². The molecule has 0 bridgehead atoms. The van der Waals surface area contributed by atoms with Crippen LogP contribution in [0.4, 0.5) is 0 Å². The Balaban J connectivity index is 4.02. The van der Waals surface area contributed by atoms with Crippen molar-refractivity contribution < 1.29 is 5.11 Å². The van der Waals surface area contributed by atoms with Crippen molar-refractivity contribution in [1.82, 2.24) is 0 Å². The summed E-state index contributed by atoms with van der Waals surface area (Å²) in [6.07, 6.45) is 0.0658. The second-order valence-electron chi connectivity index (χ2n) is 7.10. The highest BCUT2D eigenvalue weighted by atomic mass is 35.6. The van der Waals surface area contributed by atoms with Crippen LogP contribution in [-0.2, 0) is 15.1 Å². The van der Waals surface area contributed by atoms with Crippen molar-refractivity contribution in [3.8, 4) is 0 Å². The number of rotatable bonds is 9. The molecule has 0 spiro atoms. The fraction of sp³-hybridized carbons (Fsp3) is 0.647. The quantitative estimate of drug-likeness (QED) is 0.245. The minimum Gasteiger partial charge on any atom is -0.396 e. The monoisotopic (exact) mass is 860 g/mol. The first-order valence-electron chi connectivity index (χ1n) is 8.82. The van der Waals surface area contributed by atoms with Gasteiger partial charge >= 0.3 is 0 Å². The zero-order chi connectivity index (χ0) is 29.0. The second kappa shape index (κ2) is 12.8. The van der Waals surface area contributed by atoms with E-state index in [-0.39, 0.29) is 36.1 Å². The number of hydrogen-bond donors (Lipinski definition) is 1. The Labute approximate surface area is 298 Å². The van der Waals surface area contributed by atoms with Crippen LogP contribution in [0.2, 0.25) is 0 Å². The van der Waals surface area contributed by atoms with Gasteiger partial charge in [0.1, 0.15) is 0 Å². The van der Waals surface area contributed by atoms with E-state index in [1.54, 1.807) is 0 Å². The van der Waals surface area contributed by atoms with Crippen molar-refractivity contribution in [2.45, 2.75) is 46.4 Å². The van der Waals surface area contributed by atoms with Crippen LogP contribution in [0.15, 0.2) is 18.2 Å². The maximum atomic E-state index is 9.48. The maximum absolute atomic E-state index is 9.48. The van der Waals surface area contributed by atoms with Gasteiger partial charge in [0, 0.05) is 6.61 Å². The van der Waals surface area contributed by atoms with E-state index in [9.17, 15) is 5.11 Å². The van der Waals surface area contributed by atoms with Gasteiger partial charge in [-0.3, -0.25) is 0 Å². The topological polar surface area (TPSA) is 20.2 Å². The molecule has 1 rings (SSSR count). The smallest absolute Gasteiger partial charge is 0.226 e. The van der Waals surface area contributed by atoms with Gasteiger partial charge in [-0.15, -0.1) is 0 Å². The summed E-state index contributed by atoms with van der Waals surface area (Å²) in [5.74, 6) is 0. The number of aliphatic hydroxyl groups excluding tert-OH is 1. The van der Waals surface area contributed by atoms with Gasteiger partial charge in [0.2, 0.25) is 16.3 Å². The van der Waals surface area contributed by atoms with Crippen molar-refractivity contribution in [2.24, 2.45) is 0 Å². The molecule has 0 heterocycles. The minimum atomic E-state index is -2.63. The van der Waals surface area contributed by atoms with Crippen LogP contribution in [-0.4, -0.2) is 36.6 Å². The summed E-state index contributed by atoms with van der Waals surface area (Å²) < 4.78 is -20.4. The third-order valence-electron chi connectivity index (χ3n) is 4.73. The molecule has 0 radical (unpaired) electrons. The standard InChI is InChI=1S/C17H10Cl18O/c18-10(19,12(22,23)14(26,27)16(30,31)32)8-4-1-5-9(7(8)3-2-6-36)11(20,21)13(24,25)15(28,29)17(33,34)35/h1,4-5,36H,2-3,6H2. The molecule has 1 N–H and O–H groups in total. The van der Waals surface area contributed by atoms with Gasteiger partial charge in [-0.05, 0) is 29.5 Å². The Morgan fingerprint density at radius 1 is 0.500 bits per heavy atom. The largest absolute Gasteiger partial charge is 0.396 e. The van der Waals surface area contributed by atoms with E-state index in [1.807, 2.05) is 0 Å². The summed E-state index contributed by atoms with van der Waals surface area (Å²) in [5, 5.41) is 9.48. The second-order valence-corrected chi connectivity index (χ2v) is 19.6. The van der Waals surface area contributed by atoms with E-state index >= 15 is 0 Å². The first-order chi connectivity index (χ1) is 15.7. The van der Waals surface area contributed by atoms with Gasteiger partial charge in [-0.2, -0.15) is 0 Å². The molecule has 1 aromatic rings. The molecular formula is C17H10Cl18O. The van der Waals surface area contributed by atoms with E-state index in [2.05, 4.69) is 0 Å². The fourth-order valence-electron chi connectivity index (χ4n) is 2.79. The Hall–Kier alpha value is 4.40. The molecule has 1 aromatic carbocycles. The molecule has 0 aliphatic carbocycles. The Morgan fingerprint density at radius 3 is 1.06 bits per heavy atom. The van der Waals surface area contributed by atoms with E-state index in [1.165, 1.54) is 18.2 Å². The molecule has 0 atom stereocenters. The maximum Gasteiger partial charge on any atom is 0.226 e.